The van der Waals surface area contributed by atoms with Gasteiger partial charge in [-0.15, -0.1) is 0 Å². The number of hydrogen-bond acceptors (Lipinski definition) is 4. The Morgan fingerprint density at radius 1 is 1.42 bits per heavy atom. The lowest BCUT2D eigenvalue weighted by Gasteiger charge is -2.09. The normalized spacial score (nSPS) is 10.2. The Labute approximate surface area is 108 Å². The zero-order valence-electron chi connectivity index (χ0n) is 10.1. The molecule has 1 aromatic carbocycles. The van der Waals surface area contributed by atoms with Crippen LogP contribution in [0.3, 0.4) is 0 Å². The van der Waals surface area contributed by atoms with Crippen molar-refractivity contribution in [1.82, 2.24) is 4.98 Å². The van der Waals surface area contributed by atoms with Crippen molar-refractivity contribution < 1.29 is 19.0 Å². The molecule has 0 aliphatic rings. The Balaban J connectivity index is 2.33. The molecule has 5 nitrogen and oxygen atoms in total. The SMILES string of the molecule is Cc1ccc(Oc2cc(F)c(C(=O)O)cc2N)cn1. The van der Waals surface area contributed by atoms with E-state index in [1.807, 2.05) is 6.92 Å². The van der Waals surface area contributed by atoms with E-state index in [1.165, 1.54) is 6.20 Å². The largest absolute Gasteiger partial charge is 0.478 e. The number of carbonyl (C=O) groups is 1. The van der Waals surface area contributed by atoms with E-state index >= 15 is 0 Å². The number of aromatic carboxylic acids is 1. The summed E-state index contributed by atoms with van der Waals surface area (Å²) in [5, 5.41) is 8.75. The van der Waals surface area contributed by atoms with E-state index < -0.39 is 17.3 Å². The van der Waals surface area contributed by atoms with Gasteiger partial charge in [0.2, 0.25) is 0 Å². The third-order valence-electron chi connectivity index (χ3n) is 2.44. The summed E-state index contributed by atoms with van der Waals surface area (Å²) in [4.78, 5) is 14.8. The van der Waals surface area contributed by atoms with Crippen LogP contribution in [0.1, 0.15) is 16.1 Å². The summed E-state index contributed by atoms with van der Waals surface area (Å²) in [7, 11) is 0. The summed E-state index contributed by atoms with van der Waals surface area (Å²) >= 11 is 0. The van der Waals surface area contributed by atoms with Crippen molar-refractivity contribution in [1.29, 1.82) is 0 Å². The first-order chi connectivity index (χ1) is 8.97. The second-order valence-corrected chi connectivity index (χ2v) is 3.91. The van der Waals surface area contributed by atoms with Gasteiger partial charge in [-0.1, -0.05) is 0 Å². The minimum absolute atomic E-state index is 0.0411. The minimum atomic E-state index is -1.38. The zero-order chi connectivity index (χ0) is 14.0. The van der Waals surface area contributed by atoms with Crippen LogP contribution in [0.5, 0.6) is 11.5 Å². The molecule has 19 heavy (non-hydrogen) atoms. The van der Waals surface area contributed by atoms with Gasteiger partial charge in [-0.25, -0.2) is 9.18 Å². The molecule has 1 aromatic heterocycles. The quantitative estimate of drug-likeness (QED) is 0.830. The molecule has 0 spiro atoms. The third kappa shape index (κ3) is 2.79. The third-order valence-corrected chi connectivity index (χ3v) is 2.44. The molecule has 6 heteroatoms. The van der Waals surface area contributed by atoms with Crippen molar-refractivity contribution in [2.75, 3.05) is 5.73 Å². The highest BCUT2D eigenvalue weighted by atomic mass is 19.1. The minimum Gasteiger partial charge on any atom is -0.478 e. The first-order valence-corrected chi connectivity index (χ1v) is 5.40. The van der Waals surface area contributed by atoms with Crippen LogP contribution < -0.4 is 10.5 Å². The van der Waals surface area contributed by atoms with Crippen LogP contribution in [-0.2, 0) is 0 Å². The van der Waals surface area contributed by atoms with Crippen LogP contribution in [0.2, 0.25) is 0 Å². The first kappa shape index (κ1) is 12.8. The average molecular weight is 262 g/mol. The van der Waals surface area contributed by atoms with Gasteiger partial charge in [-0.2, -0.15) is 0 Å². The number of nitrogens with zero attached hydrogens (tertiary/aromatic N) is 1. The van der Waals surface area contributed by atoms with Gasteiger partial charge in [0.05, 0.1) is 17.4 Å². The predicted molar refractivity (Wildman–Crippen MR) is 66.8 cm³/mol. The molecule has 2 rings (SSSR count). The molecule has 0 radical (unpaired) electrons. The van der Waals surface area contributed by atoms with E-state index in [4.69, 9.17) is 15.6 Å². The predicted octanol–water partition coefficient (Wildman–Crippen LogP) is 2.60. The number of nitrogen functional groups attached to an aromatic ring is 1. The summed E-state index contributed by atoms with van der Waals surface area (Å²) in [5.41, 5.74) is 5.99. The van der Waals surface area contributed by atoms with Gasteiger partial charge >= 0.3 is 5.97 Å². The molecular formula is C13H11FN2O3. The highest BCUT2D eigenvalue weighted by Gasteiger charge is 2.15. The summed E-state index contributed by atoms with van der Waals surface area (Å²) in [5.74, 6) is -1.85. The van der Waals surface area contributed by atoms with Crippen molar-refractivity contribution in [2.45, 2.75) is 6.92 Å². The summed E-state index contributed by atoms with van der Waals surface area (Å²) in [6, 6.07) is 5.35. The van der Waals surface area contributed by atoms with Gasteiger partial charge < -0.3 is 15.6 Å². The highest BCUT2D eigenvalue weighted by molar-refractivity contribution is 5.89. The summed E-state index contributed by atoms with van der Waals surface area (Å²) in [6.45, 7) is 1.82. The smallest absolute Gasteiger partial charge is 0.338 e. The van der Waals surface area contributed by atoms with Crippen LogP contribution >= 0.6 is 0 Å². The number of rotatable bonds is 3. The van der Waals surface area contributed by atoms with E-state index in [2.05, 4.69) is 4.98 Å². The van der Waals surface area contributed by atoms with Gasteiger partial charge in [0.15, 0.2) is 5.75 Å². The lowest BCUT2D eigenvalue weighted by molar-refractivity contribution is 0.0692. The molecule has 0 saturated heterocycles. The van der Waals surface area contributed by atoms with Gasteiger partial charge in [0.25, 0.3) is 0 Å². The maximum Gasteiger partial charge on any atom is 0.338 e. The molecule has 1 heterocycles. The summed E-state index contributed by atoms with van der Waals surface area (Å²) < 4.78 is 18.9. The molecule has 0 saturated carbocycles. The highest BCUT2D eigenvalue weighted by Crippen LogP contribution is 2.29. The van der Waals surface area contributed by atoms with Crippen LogP contribution in [0.25, 0.3) is 0 Å². The van der Waals surface area contributed by atoms with Gasteiger partial charge in [0, 0.05) is 11.8 Å². The van der Waals surface area contributed by atoms with Crippen molar-refractivity contribution >= 4 is 11.7 Å². The number of ether oxygens (including phenoxy) is 1. The van der Waals surface area contributed by atoms with Crippen LogP contribution in [-0.4, -0.2) is 16.1 Å². The maximum atomic E-state index is 13.5. The molecular weight excluding hydrogens is 251 g/mol. The zero-order valence-corrected chi connectivity index (χ0v) is 10.1. The molecule has 0 aliphatic carbocycles. The van der Waals surface area contributed by atoms with Crippen LogP contribution in [0.15, 0.2) is 30.5 Å². The molecule has 0 atom stereocenters. The second kappa shape index (κ2) is 4.93. The van der Waals surface area contributed by atoms with Gasteiger partial charge in [0.1, 0.15) is 11.6 Å². The van der Waals surface area contributed by atoms with Crippen LogP contribution in [0.4, 0.5) is 10.1 Å². The van der Waals surface area contributed by atoms with E-state index in [1.54, 1.807) is 12.1 Å². The molecule has 2 aromatic rings. The number of carboxylic acids is 1. The van der Waals surface area contributed by atoms with E-state index in [9.17, 15) is 9.18 Å². The number of carboxylic acid groups (broad SMARTS) is 1. The Morgan fingerprint density at radius 3 is 2.74 bits per heavy atom. The molecule has 98 valence electrons. The standard InChI is InChI=1S/C13H11FN2O3/c1-7-2-3-8(6-16-7)19-12-5-10(14)9(13(17)18)4-11(12)15/h2-6H,15H2,1H3,(H,17,18). The Bertz CT molecular complexity index is 627. The fraction of sp³-hybridized carbons (Fsp3) is 0.0769. The number of anilines is 1. The van der Waals surface area contributed by atoms with Crippen LogP contribution in [0, 0.1) is 12.7 Å². The number of benzene rings is 1. The molecule has 0 amide bonds. The van der Waals surface area contributed by atoms with E-state index in [0.29, 0.717) is 5.75 Å². The Hall–Kier alpha value is -2.63. The number of hydrogen-bond donors (Lipinski definition) is 2. The lowest BCUT2D eigenvalue weighted by atomic mass is 10.2. The molecule has 3 N–H and O–H groups in total. The average Bonchev–Trinajstić information content (AvgIpc) is 2.35. The topological polar surface area (TPSA) is 85.4 Å². The van der Waals surface area contributed by atoms with Crippen molar-refractivity contribution in [2.24, 2.45) is 0 Å². The fourth-order valence-corrected chi connectivity index (χ4v) is 1.47. The number of nitrogens with two attached hydrogens (primary N) is 1. The molecule has 0 fully saturated rings. The molecule has 0 bridgehead atoms. The van der Waals surface area contributed by atoms with E-state index in [-0.39, 0.29) is 11.4 Å². The van der Waals surface area contributed by atoms with Crippen molar-refractivity contribution in [3.63, 3.8) is 0 Å². The summed E-state index contributed by atoms with van der Waals surface area (Å²) in [6.07, 6.45) is 1.47. The fourth-order valence-electron chi connectivity index (χ4n) is 1.47. The Morgan fingerprint density at radius 2 is 2.16 bits per heavy atom. The molecule has 0 unspecified atom stereocenters. The second-order valence-electron chi connectivity index (χ2n) is 3.91. The maximum absolute atomic E-state index is 13.5. The Kier molecular flexibility index (Phi) is 3.33. The van der Waals surface area contributed by atoms with E-state index in [0.717, 1.165) is 17.8 Å². The number of pyridine rings is 1. The monoisotopic (exact) mass is 262 g/mol. The molecule has 0 aliphatic heterocycles. The van der Waals surface area contributed by atoms with Gasteiger partial charge in [-0.05, 0) is 25.1 Å². The van der Waals surface area contributed by atoms with Crippen molar-refractivity contribution in [3.8, 4) is 11.5 Å². The van der Waals surface area contributed by atoms with Crippen molar-refractivity contribution in [3.05, 3.63) is 47.5 Å². The number of aryl methyl sites for hydroxylation is 1. The first-order valence-electron chi connectivity index (χ1n) is 5.40. The number of aromatic nitrogens is 1. The lowest BCUT2D eigenvalue weighted by Crippen LogP contribution is -2.03. The van der Waals surface area contributed by atoms with Gasteiger partial charge in [-0.3, -0.25) is 4.98 Å². The number of halogens is 1.